The van der Waals surface area contributed by atoms with Gasteiger partial charge in [0, 0.05) is 5.75 Å². The van der Waals surface area contributed by atoms with Crippen molar-refractivity contribution in [1.29, 1.82) is 0 Å². The van der Waals surface area contributed by atoms with Crippen molar-refractivity contribution in [1.82, 2.24) is 9.55 Å². The molecular weight excluding hydrogens is 196 g/mol. The summed E-state index contributed by atoms with van der Waals surface area (Å²) < 4.78 is 1.91. The van der Waals surface area contributed by atoms with Gasteiger partial charge in [0.25, 0.3) is 0 Å². The number of nitrogens with zero attached hydrogens (tertiary/aromatic N) is 2. The minimum atomic E-state index is -0.796. The number of fused-ring (bicyclic) bond motifs is 3. The van der Waals surface area contributed by atoms with E-state index in [1.54, 1.807) is 11.8 Å². The van der Waals surface area contributed by atoms with E-state index in [0.717, 1.165) is 16.2 Å². The molecule has 1 aliphatic heterocycles. The van der Waals surface area contributed by atoms with Crippen LogP contribution in [0.5, 0.6) is 0 Å². The first-order chi connectivity index (χ1) is 6.68. The number of imidazole rings is 1. The van der Waals surface area contributed by atoms with E-state index in [-0.39, 0.29) is 0 Å². The van der Waals surface area contributed by atoms with E-state index in [1.807, 2.05) is 35.8 Å². The summed E-state index contributed by atoms with van der Waals surface area (Å²) in [6.07, 6.45) is 0. The Kier molecular flexibility index (Phi) is 1.50. The molecule has 1 aromatic carbocycles. The van der Waals surface area contributed by atoms with Gasteiger partial charge in [-0.1, -0.05) is 23.9 Å². The Morgan fingerprint density at radius 2 is 2.29 bits per heavy atom. The highest BCUT2D eigenvalue weighted by Crippen LogP contribution is 2.38. The molecular formula is C10H10N2OS. The number of para-hydroxylation sites is 2. The zero-order valence-corrected chi connectivity index (χ0v) is 8.58. The maximum absolute atomic E-state index is 10.1. The molecule has 3 nitrogen and oxygen atoms in total. The zero-order valence-electron chi connectivity index (χ0n) is 7.77. The summed E-state index contributed by atoms with van der Waals surface area (Å²) in [5, 5.41) is 11.0. The minimum Gasteiger partial charge on any atom is -0.370 e. The lowest BCUT2D eigenvalue weighted by Crippen LogP contribution is -2.27. The third-order valence-electron chi connectivity index (χ3n) is 2.49. The van der Waals surface area contributed by atoms with Gasteiger partial charge in [0.1, 0.15) is 0 Å². The Morgan fingerprint density at radius 1 is 1.50 bits per heavy atom. The van der Waals surface area contributed by atoms with Gasteiger partial charge < -0.3 is 5.11 Å². The van der Waals surface area contributed by atoms with Gasteiger partial charge in [-0.3, -0.25) is 4.57 Å². The molecule has 4 heteroatoms. The molecule has 0 fully saturated rings. The van der Waals surface area contributed by atoms with Crippen molar-refractivity contribution in [2.24, 2.45) is 0 Å². The predicted octanol–water partition coefficient (Wildman–Crippen LogP) is 1.81. The van der Waals surface area contributed by atoms with Crippen LogP contribution in [0.1, 0.15) is 6.92 Å². The van der Waals surface area contributed by atoms with E-state index >= 15 is 0 Å². The monoisotopic (exact) mass is 206 g/mol. The third-order valence-corrected chi connectivity index (χ3v) is 3.71. The van der Waals surface area contributed by atoms with Gasteiger partial charge in [0.15, 0.2) is 10.9 Å². The maximum Gasteiger partial charge on any atom is 0.171 e. The predicted molar refractivity (Wildman–Crippen MR) is 56.3 cm³/mol. The minimum absolute atomic E-state index is 0.681. The van der Waals surface area contributed by atoms with Crippen LogP contribution in [-0.2, 0) is 5.72 Å². The number of rotatable bonds is 0. The Balaban J connectivity index is 2.41. The van der Waals surface area contributed by atoms with Gasteiger partial charge in [-0.15, -0.1) is 0 Å². The second kappa shape index (κ2) is 2.52. The molecule has 1 N–H and O–H groups in total. The van der Waals surface area contributed by atoms with Crippen LogP contribution < -0.4 is 0 Å². The molecule has 72 valence electrons. The average molecular weight is 206 g/mol. The standard InChI is InChI=1S/C10H10N2OS/c1-10(13)6-14-9-11-7-4-2-3-5-8(7)12(9)10/h2-5,13H,6H2,1H3. The van der Waals surface area contributed by atoms with E-state index in [4.69, 9.17) is 0 Å². The normalized spacial score (nSPS) is 25.6. The molecule has 14 heavy (non-hydrogen) atoms. The molecule has 0 saturated carbocycles. The van der Waals surface area contributed by atoms with E-state index < -0.39 is 5.72 Å². The summed E-state index contributed by atoms with van der Waals surface area (Å²) in [7, 11) is 0. The zero-order chi connectivity index (χ0) is 9.76. The van der Waals surface area contributed by atoms with Crippen LogP contribution in [0, 0.1) is 0 Å². The lowest BCUT2D eigenvalue weighted by Gasteiger charge is -2.18. The van der Waals surface area contributed by atoms with Crippen LogP contribution in [0.2, 0.25) is 0 Å². The topological polar surface area (TPSA) is 38.1 Å². The number of aromatic nitrogens is 2. The van der Waals surface area contributed by atoms with Gasteiger partial charge in [-0.05, 0) is 19.1 Å². The van der Waals surface area contributed by atoms with Crippen molar-refractivity contribution in [2.45, 2.75) is 17.8 Å². The molecule has 2 aromatic rings. The van der Waals surface area contributed by atoms with Crippen LogP contribution in [0.3, 0.4) is 0 Å². The molecule has 3 rings (SSSR count). The van der Waals surface area contributed by atoms with E-state index in [1.165, 1.54) is 0 Å². The van der Waals surface area contributed by atoms with Crippen molar-refractivity contribution in [3.63, 3.8) is 0 Å². The Labute approximate surface area is 85.8 Å². The summed E-state index contributed by atoms with van der Waals surface area (Å²) in [6.45, 7) is 1.82. The number of benzene rings is 1. The van der Waals surface area contributed by atoms with Crippen molar-refractivity contribution in [3.05, 3.63) is 24.3 Å². The van der Waals surface area contributed by atoms with Gasteiger partial charge in [-0.25, -0.2) is 4.98 Å². The molecule has 0 bridgehead atoms. The summed E-state index contributed by atoms with van der Waals surface area (Å²) >= 11 is 1.60. The number of hydrogen-bond acceptors (Lipinski definition) is 3. The summed E-state index contributed by atoms with van der Waals surface area (Å²) in [6, 6.07) is 7.89. The fourth-order valence-electron chi connectivity index (χ4n) is 1.83. The van der Waals surface area contributed by atoms with Crippen LogP contribution >= 0.6 is 11.8 Å². The first kappa shape index (κ1) is 8.32. The van der Waals surface area contributed by atoms with Gasteiger partial charge >= 0.3 is 0 Å². The van der Waals surface area contributed by atoms with Crippen LogP contribution in [0.15, 0.2) is 29.4 Å². The highest BCUT2D eigenvalue weighted by molar-refractivity contribution is 7.99. The second-order valence-corrected chi connectivity index (χ2v) is 4.67. The molecule has 1 unspecified atom stereocenters. The molecule has 1 atom stereocenters. The summed E-state index contributed by atoms with van der Waals surface area (Å²) in [5.74, 6) is 0.681. The molecule has 0 radical (unpaired) electrons. The summed E-state index contributed by atoms with van der Waals surface area (Å²) in [5.41, 5.74) is 1.17. The van der Waals surface area contributed by atoms with Crippen molar-refractivity contribution in [2.75, 3.05) is 5.75 Å². The molecule has 2 heterocycles. The fraction of sp³-hybridized carbons (Fsp3) is 0.300. The quantitative estimate of drug-likeness (QED) is 0.714. The highest BCUT2D eigenvalue weighted by atomic mass is 32.2. The van der Waals surface area contributed by atoms with E-state index in [2.05, 4.69) is 4.98 Å². The fourth-order valence-corrected chi connectivity index (χ4v) is 2.95. The SMILES string of the molecule is CC1(O)CSc2nc3ccccc3n21. The maximum atomic E-state index is 10.1. The molecule has 1 aromatic heterocycles. The first-order valence-corrected chi connectivity index (χ1v) is 5.50. The third kappa shape index (κ3) is 0.952. The smallest absolute Gasteiger partial charge is 0.171 e. The Hall–Kier alpha value is -1.00. The van der Waals surface area contributed by atoms with Gasteiger partial charge in [-0.2, -0.15) is 0 Å². The lowest BCUT2D eigenvalue weighted by atomic mass is 10.2. The largest absolute Gasteiger partial charge is 0.370 e. The van der Waals surface area contributed by atoms with Crippen LogP contribution in [0.4, 0.5) is 0 Å². The molecule has 1 aliphatic rings. The average Bonchev–Trinajstić information content (AvgIpc) is 2.65. The van der Waals surface area contributed by atoms with E-state index in [0.29, 0.717) is 5.75 Å². The highest BCUT2D eigenvalue weighted by Gasteiger charge is 2.34. The second-order valence-electron chi connectivity index (χ2n) is 3.72. The van der Waals surface area contributed by atoms with E-state index in [9.17, 15) is 5.11 Å². The molecule has 0 spiro atoms. The van der Waals surface area contributed by atoms with Gasteiger partial charge in [0.2, 0.25) is 0 Å². The van der Waals surface area contributed by atoms with Crippen LogP contribution in [0.25, 0.3) is 11.0 Å². The Morgan fingerprint density at radius 3 is 3.14 bits per heavy atom. The van der Waals surface area contributed by atoms with Crippen molar-refractivity contribution >= 4 is 22.8 Å². The first-order valence-electron chi connectivity index (χ1n) is 4.52. The summed E-state index contributed by atoms with van der Waals surface area (Å²) in [4.78, 5) is 4.45. The van der Waals surface area contributed by atoms with Crippen molar-refractivity contribution < 1.29 is 5.11 Å². The van der Waals surface area contributed by atoms with Crippen molar-refractivity contribution in [3.8, 4) is 0 Å². The Bertz CT molecular complexity index is 504. The van der Waals surface area contributed by atoms with Crippen LogP contribution in [-0.4, -0.2) is 20.4 Å². The number of hydrogen-bond donors (Lipinski definition) is 1. The lowest BCUT2D eigenvalue weighted by molar-refractivity contribution is 0.00968. The number of aliphatic hydroxyl groups is 1. The number of thioether (sulfide) groups is 1. The van der Waals surface area contributed by atoms with Gasteiger partial charge in [0.05, 0.1) is 11.0 Å². The molecule has 0 saturated heterocycles. The molecule has 0 aliphatic carbocycles. The molecule has 0 amide bonds.